The standard InChI is InChI=1S/C10H7FN2O2/c1-6-2-7(4-8(11)3-6)10-12-9(5-14)15-13-10/h2-5H,1H3. The van der Waals surface area contributed by atoms with Gasteiger partial charge in [-0.1, -0.05) is 5.16 Å². The van der Waals surface area contributed by atoms with E-state index in [2.05, 4.69) is 14.7 Å². The molecule has 15 heavy (non-hydrogen) atoms. The van der Waals surface area contributed by atoms with Crippen molar-refractivity contribution in [3.8, 4) is 11.4 Å². The van der Waals surface area contributed by atoms with E-state index in [-0.39, 0.29) is 17.5 Å². The maximum Gasteiger partial charge on any atom is 0.291 e. The number of hydrogen-bond acceptors (Lipinski definition) is 4. The van der Waals surface area contributed by atoms with Gasteiger partial charge in [-0.25, -0.2) is 4.39 Å². The largest absolute Gasteiger partial charge is 0.331 e. The van der Waals surface area contributed by atoms with E-state index in [9.17, 15) is 9.18 Å². The van der Waals surface area contributed by atoms with Crippen LogP contribution in [0.2, 0.25) is 0 Å². The van der Waals surface area contributed by atoms with Crippen LogP contribution in [0.4, 0.5) is 4.39 Å². The molecule has 76 valence electrons. The summed E-state index contributed by atoms with van der Waals surface area (Å²) in [6, 6.07) is 4.39. The summed E-state index contributed by atoms with van der Waals surface area (Å²) in [5.74, 6) is -0.283. The lowest BCUT2D eigenvalue weighted by Crippen LogP contribution is -1.85. The summed E-state index contributed by atoms with van der Waals surface area (Å²) >= 11 is 0. The van der Waals surface area contributed by atoms with Gasteiger partial charge in [0.25, 0.3) is 5.89 Å². The van der Waals surface area contributed by atoms with E-state index in [1.807, 2.05) is 0 Å². The molecular formula is C10H7FN2O2. The first-order valence-corrected chi connectivity index (χ1v) is 4.25. The van der Waals surface area contributed by atoms with Gasteiger partial charge in [0.1, 0.15) is 5.82 Å². The Morgan fingerprint density at radius 2 is 2.20 bits per heavy atom. The predicted octanol–water partition coefficient (Wildman–Crippen LogP) is 2.00. The first kappa shape index (κ1) is 9.51. The molecule has 0 bridgehead atoms. The summed E-state index contributed by atoms with van der Waals surface area (Å²) in [4.78, 5) is 14.1. The molecule has 0 saturated heterocycles. The maximum absolute atomic E-state index is 13.0. The molecule has 0 fully saturated rings. The minimum absolute atomic E-state index is 0.119. The normalized spacial score (nSPS) is 10.3. The summed E-state index contributed by atoms with van der Waals surface area (Å²) in [6.45, 7) is 1.76. The Labute approximate surface area is 84.7 Å². The van der Waals surface area contributed by atoms with Gasteiger partial charge in [0.2, 0.25) is 12.1 Å². The van der Waals surface area contributed by atoms with Crippen molar-refractivity contribution in [1.82, 2.24) is 10.1 Å². The SMILES string of the molecule is Cc1cc(F)cc(-c2noc(C=O)n2)c1. The van der Waals surface area contributed by atoms with Crippen LogP contribution < -0.4 is 0 Å². The molecule has 0 amide bonds. The van der Waals surface area contributed by atoms with E-state index in [0.717, 1.165) is 5.56 Å². The highest BCUT2D eigenvalue weighted by molar-refractivity contribution is 5.69. The molecule has 0 saturated carbocycles. The third-order valence-electron chi connectivity index (χ3n) is 1.84. The average Bonchev–Trinajstić information content (AvgIpc) is 2.64. The van der Waals surface area contributed by atoms with E-state index < -0.39 is 0 Å². The lowest BCUT2D eigenvalue weighted by molar-refractivity contribution is 0.108. The monoisotopic (exact) mass is 206 g/mol. The first-order chi connectivity index (χ1) is 7.19. The van der Waals surface area contributed by atoms with Crippen molar-refractivity contribution in [1.29, 1.82) is 0 Å². The third-order valence-corrected chi connectivity index (χ3v) is 1.84. The first-order valence-electron chi connectivity index (χ1n) is 4.25. The molecule has 2 rings (SSSR count). The number of rotatable bonds is 2. The molecule has 0 spiro atoms. The minimum atomic E-state index is -0.373. The smallest absolute Gasteiger partial charge is 0.291 e. The maximum atomic E-state index is 13.0. The fourth-order valence-corrected chi connectivity index (χ4v) is 1.27. The molecular weight excluding hydrogens is 199 g/mol. The fourth-order valence-electron chi connectivity index (χ4n) is 1.27. The number of hydrogen-bond donors (Lipinski definition) is 0. The number of aldehydes is 1. The highest BCUT2D eigenvalue weighted by atomic mass is 19.1. The van der Waals surface area contributed by atoms with Crippen LogP contribution in [0.25, 0.3) is 11.4 Å². The lowest BCUT2D eigenvalue weighted by atomic mass is 10.1. The van der Waals surface area contributed by atoms with Crippen molar-refractivity contribution < 1.29 is 13.7 Å². The van der Waals surface area contributed by atoms with Gasteiger partial charge in [-0.15, -0.1) is 0 Å². The molecule has 0 aliphatic heterocycles. The number of carbonyl (C=O) groups excluding carboxylic acids is 1. The molecule has 0 radical (unpaired) electrons. The Kier molecular flexibility index (Phi) is 2.29. The molecule has 4 nitrogen and oxygen atoms in total. The van der Waals surface area contributed by atoms with Crippen LogP contribution in [0.3, 0.4) is 0 Å². The molecule has 1 aromatic heterocycles. The number of aromatic nitrogens is 2. The highest BCUT2D eigenvalue weighted by Crippen LogP contribution is 2.18. The molecule has 1 aromatic carbocycles. The van der Waals surface area contributed by atoms with E-state index in [1.54, 1.807) is 13.0 Å². The average molecular weight is 206 g/mol. The predicted molar refractivity (Wildman–Crippen MR) is 49.8 cm³/mol. The molecule has 5 heteroatoms. The van der Waals surface area contributed by atoms with Crippen molar-refractivity contribution in [3.05, 3.63) is 35.5 Å². The van der Waals surface area contributed by atoms with Crippen LogP contribution >= 0.6 is 0 Å². The van der Waals surface area contributed by atoms with Crippen LogP contribution in [-0.2, 0) is 0 Å². The van der Waals surface area contributed by atoms with Crippen molar-refractivity contribution in [2.45, 2.75) is 6.92 Å². The second-order valence-corrected chi connectivity index (χ2v) is 3.09. The van der Waals surface area contributed by atoms with E-state index >= 15 is 0 Å². The van der Waals surface area contributed by atoms with E-state index in [0.29, 0.717) is 11.8 Å². The second-order valence-electron chi connectivity index (χ2n) is 3.09. The molecule has 0 atom stereocenters. The van der Waals surface area contributed by atoms with Crippen molar-refractivity contribution in [2.75, 3.05) is 0 Å². The number of benzene rings is 1. The Balaban J connectivity index is 2.48. The minimum Gasteiger partial charge on any atom is -0.331 e. The van der Waals surface area contributed by atoms with Gasteiger partial charge in [-0.3, -0.25) is 4.79 Å². The van der Waals surface area contributed by atoms with Gasteiger partial charge in [0.15, 0.2) is 0 Å². The summed E-state index contributed by atoms with van der Waals surface area (Å²) in [7, 11) is 0. The molecule has 0 unspecified atom stereocenters. The van der Waals surface area contributed by atoms with E-state index in [1.165, 1.54) is 12.1 Å². The third kappa shape index (κ3) is 1.90. The number of nitrogens with zero attached hydrogens (tertiary/aromatic N) is 2. The Morgan fingerprint density at radius 3 is 2.80 bits per heavy atom. The Hall–Kier alpha value is -2.04. The molecule has 0 aliphatic rings. The summed E-state index contributed by atoms with van der Waals surface area (Å²) < 4.78 is 17.6. The van der Waals surface area contributed by atoms with Crippen LogP contribution in [0.15, 0.2) is 22.7 Å². The van der Waals surface area contributed by atoms with Gasteiger partial charge in [0, 0.05) is 5.56 Å². The zero-order valence-electron chi connectivity index (χ0n) is 7.90. The van der Waals surface area contributed by atoms with Gasteiger partial charge < -0.3 is 4.52 Å². The molecule has 1 heterocycles. The van der Waals surface area contributed by atoms with Crippen molar-refractivity contribution in [3.63, 3.8) is 0 Å². The van der Waals surface area contributed by atoms with Gasteiger partial charge in [0.05, 0.1) is 0 Å². The zero-order valence-corrected chi connectivity index (χ0v) is 7.90. The molecule has 0 N–H and O–H groups in total. The second kappa shape index (κ2) is 3.61. The molecule has 2 aromatic rings. The Bertz CT molecular complexity index is 488. The highest BCUT2D eigenvalue weighted by Gasteiger charge is 2.08. The number of halogens is 1. The van der Waals surface area contributed by atoms with Crippen LogP contribution in [0.5, 0.6) is 0 Å². The van der Waals surface area contributed by atoms with Crippen molar-refractivity contribution in [2.24, 2.45) is 0 Å². The van der Waals surface area contributed by atoms with Gasteiger partial charge >= 0.3 is 0 Å². The summed E-state index contributed by atoms with van der Waals surface area (Å²) in [5, 5.41) is 3.56. The number of carbonyl (C=O) groups is 1. The van der Waals surface area contributed by atoms with Gasteiger partial charge in [-0.05, 0) is 30.7 Å². The van der Waals surface area contributed by atoms with Crippen LogP contribution in [0, 0.1) is 12.7 Å². The fraction of sp³-hybridized carbons (Fsp3) is 0.100. The van der Waals surface area contributed by atoms with Crippen LogP contribution in [-0.4, -0.2) is 16.4 Å². The number of aryl methyl sites for hydroxylation is 1. The quantitative estimate of drug-likeness (QED) is 0.705. The Morgan fingerprint density at radius 1 is 1.40 bits per heavy atom. The van der Waals surface area contributed by atoms with Crippen molar-refractivity contribution >= 4 is 6.29 Å². The zero-order chi connectivity index (χ0) is 10.8. The van der Waals surface area contributed by atoms with Gasteiger partial charge in [-0.2, -0.15) is 4.98 Å². The summed E-state index contributed by atoms with van der Waals surface area (Å²) in [5.41, 5.74) is 1.24. The topological polar surface area (TPSA) is 56.0 Å². The summed E-state index contributed by atoms with van der Waals surface area (Å²) in [6.07, 6.45) is 0.447. The van der Waals surface area contributed by atoms with Crippen LogP contribution in [0.1, 0.15) is 16.2 Å². The molecule has 0 aliphatic carbocycles. The lowest BCUT2D eigenvalue weighted by Gasteiger charge is -1.97. The van der Waals surface area contributed by atoms with E-state index in [4.69, 9.17) is 0 Å².